The maximum absolute atomic E-state index is 10.8. The Labute approximate surface area is 271 Å². The Morgan fingerprint density at radius 2 is 1.89 bits per heavy atom. The van der Waals surface area contributed by atoms with Crippen LogP contribution in [0.2, 0.25) is 0 Å². The van der Waals surface area contributed by atoms with Gasteiger partial charge < -0.3 is 15.7 Å². The molecule has 1 aromatic heterocycles. The van der Waals surface area contributed by atoms with E-state index in [0.717, 1.165) is 54.1 Å². The fourth-order valence-electron chi connectivity index (χ4n) is 10.3. The van der Waals surface area contributed by atoms with E-state index in [1.165, 1.54) is 102 Å². The number of piperidine rings is 2. The maximum Gasteiger partial charge on any atom is 0.141 e. The van der Waals surface area contributed by atoms with Crippen LogP contribution < -0.4 is 5.73 Å². The molecule has 1 spiro atoms. The zero-order valence-electron chi connectivity index (χ0n) is 27.7. The number of aromatic nitrogens is 1. The first-order valence-electron chi connectivity index (χ1n) is 18.4. The third kappa shape index (κ3) is 6.17. The summed E-state index contributed by atoms with van der Waals surface area (Å²) in [5.74, 6) is 2.54. The normalized spacial score (nSPS) is 35.6. The van der Waals surface area contributed by atoms with Crippen molar-refractivity contribution in [2.24, 2.45) is 28.9 Å². The summed E-state index contributed by atoms with van der Waals surface area (Å²) >= 11 is 0. The smallest absolute Gasteiger partial charge is 0.141 e. The fourth-order valence-corrected chi connectivity index (χ4v) is 10.3. The number of aromatic hydroxyl groups is 1. The number of allylic oxidation sites excluding steroid dienone is 3. The van der Waals surface area contributed by atoms with E-state index in [1.807, 2.05) is 6.07 Å². The number of para-hydroxylation sites is 1. The molecule has 0 saturated carbocycles. The van der Waals surface area contributed by atoms with Gasteiger partial charge in [0, 0.05) is 42.2 Å². The molecule has 2 saturated heterocycles. The Morgan fingerprint density at radius 3 is 2.80 bits per heavy atom. The van der Waals surface area contributed by atoms with Crippen molar-refractivity contribution in [3.05, 3.63) is 64.9 Å². The van der Waals surface area contributed by atoms with E-state index in [1.54, 1.807) is 11.6 Å². The number of fused-ring (bicyclic) bond motifs is 3. The molecule has 4 unspecified atom stereocenters. The van der Waals surface area contributed by atoms with E-state index >= 15 is 0 Å². The van der Waals surface area contributed by atoms with Crippen molar-refractivity contribution in [3.63, 3.8) is 0 Å². The van der Waals surface area contributed by atoms with Crippen LogP contribution in [0.15, 0.2) is 48.1 Å². The number of nitrogens with two attached hydrogens (primary N) is 1. The van der Waals surface area contributed by atoms with Crippen LogP contribution in [-0.2, 0) is 12.8 Å². The second-order valence-corrected chi connectivity index (χ2v) is 15.1. The highest BCUT2D eigenvalue weighted by Gasteiger charge is 2.58. The van der Waals surface area contributed by atoms with E-state index in [0.29, 0.717) is 23.9 Å². The maximum atomic E-state index is 10.8. The summed E-state index contributed by atoms with van der Waals surface area (Å²) in [6, 6.07) is 6.40. The molecule has 5 nitrogen and oxygen atoms in total. The van der Waals surface area contributed by atoms with Crippen molar-refractivity contribution < 1.29 is 5.11 Å². The van der Waals surface area contributed by atoms with E-state index in [2.05, 4.69) is 53.2 Å². The second-order valence-electron chi connectivity index (χ2n) is 15.1. The lowest BCUT2D eigenvalue weighted by atomic mass is 9.52. The monoisotopic (exact) mass is 608 g/mol. The highest BCUT2D eigenvalue weighted by atomic mass is 16.3. The number of nitrogens with zero attached hydrogens (tertiary/aromatic N) is 3. The molecule has 2 fully saturated rings. The van der Waals surface area contributed by atoms with Gasteiger partial charge in [-0.1, -0.05) is 61.4 Å². The minimum absolute atomic E-state index is 0.276. The van der Waals surface area contributed by atoms with Gasteiger partial charge in [0.25, 0.3) is 0 Å². The Hall–Kier alpha value is -2.47. The van der Waals surface area contributed by atoms with Crippen molar-refractivity contribution in [1.82, 2.24) is 14.8 Å². The molecule has 45 heavy (non-hydrogen) atoms. The molecule has 6 aliphatic rings. The molecule has 6 heterocycles. The number of rotatable bonds is 2. The van der Waals surface area contributed by atoms with Crippen LogP contribution >= 0.6 is 0 Å². The predicted octanol–water partition coefficient (Wildman–Crippen LogP) is 7.67. The van der Waals surface area contributed by atoms with Gasteiger partial charge in [0.2, 0.25) is 0 Å². The molecule has 6 bridgehead atoms. The van der Waals surface area contributed by atoms with Crippen molar-refractivity contribution in [2.45, 2.75) is 96.4 Å². The van der Waals surface area contributed by atoms with E-state index in [4.69, 9.17) is 10.7 Å². The van der Waals surface area contributed by atoms with Gasteiger partial charge in [-0.05, 0) is 132 Å². The third-order valence-corrected chi connectivity index (χ3v) is 12.1. The number of hydrogen-bond acceptors (Lipinski definition) is 5. The van der Waals surface area contributed by atoms with Crippen LogP contribution in [0, 0.1) is 23.2 Å². The topological polar surface area (TPSA) is 65.6 Å². The van der Waals surface area contributed by atoms with Gasteiger partial charge in [-0.15, -0.1) is 0 Å². The summed E-state index contributed by atoms with van der Waals surface area (Å²) in [6.07, 6.45) is 28.1. The summed E-state index contributed by atoms with van der Waals surface area (Å²) in [5, 5.41) is 11.8. The van der Waals surface area contributed by atoms with Crippen molar-refractivity contribution in [1.29, 1.82) is 0 Å². The highest BCUT2D eigenvalue weighted by molar-refractivity contribution is 5.90. The van der Waals surface area contributed by atoms with Crippen molar-refractivity contribution >= 4 is 17.0 Å². The molecular formula is C40H56N4O. The molecule has 5 heteroatoms. The lowest BCUT2D eigenvalue weighted by molar-refractivity contribution is -0.111. The fraction of sp³-hybridized carbons (Fsp3) is 0.625. The largest absolute Gasteiger partial charge is 0.506 e. The molecule has 1 aliphatic carbocycles. The zero-order valence-corrected chi connectivity index (χ0v) is 27.7. The van der Waals surface area contributed by atoms with Gasteiger partial charge in [0.1, 0.15) is 11.3 Å². The Morgan fingerprint density at radius 1 is 0.978 bits per heavy atom. The Bertz CT molecular complexity index is 1440. The van der Waals surface area contributed by atoms with E-state index < -0.39 is 0 Å². The summed E-state index contributed by atoms with van der Waals surface area (Å²) < 4.78 is 0. The molecule has 0 radical (unpaired) electrons. The van der Waals surface area contributed by atoms with E-state index in [9.17, 15) is 5.11 Å². The first-order chi connectivity index (χ1) is 22.1. The van der Waals surface area contributed by atoms with Gasteiger partial charge in [-0.3, -0.25) is 4.90 Å². The standard InChI is InChI=1S/C40H56N4O/c1-29-13-6-4-2-3-5-7-14-30-25-31-27-44-23-11-9-17-36-33(32(19-22-41)34-16-12-18-37(45)38(34)42-36)15-8-10-21-40(39(30)44)28-43(26-29)24-20-35(31)40/h3,5,8,12,15-16,18,25,29,31,35,39,45H,2,4,6-7,9-11,13-14,17,19-24,26-28,41H2,1H3/b5-3-,15-8-/t29?,31?,35-,39+,40+/m0/s1. The number of phenolic OH excluding ortho intramolecular Hbond substituents is 1. The summed E-state index contributed by atoms with van der Waals surface area (Å²) in [5.41, 5.74) is 12.6. The van der Waals surface area contributed by atoms with Gasteiger partial charge in [0.05, 0.1) is 0 Å². The highest BCUT2D eigenvalue weighted by Crippen LogP contribution is 2.57. The lowest BCUT2D eigenvalue weighted by Crippen LogP contribution is -2.68. The third-order valence-electron chi connectivity index (χ3n) is 12.1. The molecule has 1 aromatic carbocycles. The number of hydrogen-bond donors (Lipinski definition) is 2. The molecule has 8 rings (SSSR count). The average Bonchev–Trinajstić information content (AvgIpc) is 3.04. The van der Waals surface area contributed by atoms with E-state index in [-0.39, 0.29) is 5.75 Å². The molecule has 242 valence electrons. The van der Waals surface area contributed by atoms with Crippen LogP contribution in [-0.4, -0.2) is 65.2 Å². The average molecular weight is 609 g/mol. The number of benzene rings is 1. The molecule has 5 aliphatic heterocycles. The quantitative estimate of drug-likeness (QED) is 0.343. The Kier molecular flexibility index (Phi) is 9.49. The minimum atomic E-state index is 0.276. The van der Waals surface area contributed by atoms with Crippen LogP contribution in [0.4, 0.5) is 0 Å². The number of pyridine rings is 1. The molecule has 7 atom stereocenters. The summed E-state index contributed by atoms with van der Waals surface area (Å²) in [6.45, 7) is 9.33. The van der Waals surface area contributed by atoms with Crippen molar-refractivity contribution in [2.75, 3.05) is 39.3 Å². The Balaban J connectivity index is 1.27. The zero-order chi connectivity index (χ0) is 30.8. The first-order valence-corrected chi connectivity index (χ1v) is 18.4. The lowest BCUT2D eigenvalue weighted by Gasteiger charge is -2.64. The van der Waals surface area contributed by atoms with Crippen LogP contribution in [0.5, 0.6) is 5.75 Å². The SMILES string of the molecule is CC1CCCC/C=C\CCC2=CC3CN4CCCCc5nc6c(O)cccc6c(CCN)c5/C=C\CC[C@]5(CN(CC[C@@H]35)C1)[C@@H]24. The number of phenols is 1. The van der Waals surface area contributed by atoms with Crippen LogP contribution in [0.25, 0.3) is 17.0 Å². The summed E-state index contributed by atoms with van der Waals surface area (Å²) in [7, 11) is 0. The molecule has 2 aromatic rings. The van der Waals surface area contributed by atoms with Gasteiger partial charge >= 0.3 is 0 Å². The van der Waals surface area contributed by atoms with Crippen LogP contribution in [0.3, 0.4) is 0 Å². The minimum Gasteiger partial charge on any atom is -0.506 e. The van der Waals surface area contributed by atoms with Gasteiger partial charge in [-0.2, -0.15) is 0 Å². The predicted molar refractivity (Wildman–Crippen MR) is 187 cm³/mol. The van der Waals surface area contributed by atoms with Crippen molar-refractivity contribution in [3.8, 4) is 5.75 Å². The van der Waals surface area contributed by atoms with Gasteiger partial charge in [-0.25, -0.2) is 4.98 Å². The van der Waals surface area contributed by atoms with Crippen LogP contribution in [0.1, 0.15) is 94.4 Å². The molecular weight excluding hydrogens is 552 g/mol. The number of aryl methyl sites for hydroxylation is 1. The van der Waals surface area contributed by atoms with Gasteiger partial charge in [0.15, 0.2) is 0 Å². The second kappa shape index (κ2) is 13.7. The summed E-state index contributed by atoms with van der Waals surface area (Å²) in [4.78, 5) is 11.0. The first kappa shape index (κ1) is 31.1. The molecule has 0 amide bonds. The molecule has 3 N–H and O–H groups in total.